The summed E-state index contributed by atoms with van der Waals surface area (Å²) in [5, 5.41) is 0. The van der Waals surface area contributed by atoms with Gasteiger partial charge in [0.05, 0.1) is 10.5 Å². The molecule has 1 aliphatic heterocycles. The first-order valence-electron chi connectivity index (χ1n) is 7.80. The molecule has 1 saturated heterocycles. The molecular formula is C16H21F3N2O3S. The molecule has 25 heavy (non-hydrogen) atoms. The van der Waals surface area contributed by atoms with Crippen molar-refractivity contribution >= 4 is 17.1 Å². The fourth-order valence-corrected chi connectivity index (χ4v) is 3.70. The van der Waals surface area contributed by atoms with E-state index in [1.54, 1.807) is 20.8 Å². The van der Waals surface area contributed by atoms with Crippen LogP contribution in [0.5, 0.6) is 0 Å². The standard InChI is InChI=1S/C16H21F3N2O3S/c1-15(2,3)24-14(22)20-8-10-21(11-9-20)25(23)13-7-5-4-6-12(13)16(17,18)19/h4-7H,8-11H2,1-3H3. The zero-order valence-corrected chi connectivity index (χ0v) is 15.1. The normalized spacial score (nSPS) is 18.1. The highest BCUT2D eigenvalue weighted by Crippen LogP contribution is 2.34. The van der Waals surface area contributed by atoms with E-state index in [0.717, 1.165) is 6.07 Å². The number of alkyl halides is 3. The number of benzene rings is 1. The first-order chi connectivity index (χ1) is 11.5. The van der Waals surface area contributed by atoms with Crippen LogP contribution in [0.2, 0.25) is 0 Å². The summed E-state index contributed by atoms with van der Waals surface area (Å²) in [6.45, 7) is 6.17. The Morgan fingerprint density at radius 3 is 2.16 bits per heavy atom. The van der Waals surface area contributed by atoms with Crippen molar-refractivity contribution in [2.24, 2.45) is 0 Å². The zero-order valence-electron chi connectivity index (χ0n) is 14.3. The van der Waals surface area contributed by atoms with Crippen LogP contribution >= 0.6 is 0 Å². The third-order valence-electron chi connectivity index (χ3n) is 3.51. The molecule has 1 atom stereocenters. The molecular weight excluding hydrogens is 357 g/mol. The summed E-state index contributed by atoms with van der Waals surface area (Å²) in [6.07, 6.45) is -5.04. The van der Waals surface area contributed by atoms with Crippen LogP contribution in [0.3, 0.4) is 0 Å². The van der Waals surface area contributed by atoms with Crippen molar-refractivity contribution in [1.82, 2.24) is 9.21 Å². The van der Waals surface area contributed by atoms with E-state index in [4.69, 9.17) is 4.74 Å². The minimum atomic E-state index is -4.56. The maximum atomic E-state index is 13.1. The van der Waals surface area contributed by atoms with E-state index >= 15 is 0 Å². The maximum absolute atomic E-state index is 13.1. The number of halogens is 3. The van der Waals surface area contributed by atoms with Gasteiger partial charge >= 0.3 is 12.3 Å². The smallest absolute Gasteiger partial charge is 0.417 e. The Morgan fingerprint density at radius 2 is 1.64 bits per heavy atom. The van der Waals surface area contributed by atoms with Gasteiger partial charge in [0.1, 0.15) is 16.6 Å². The van der Waals surface area contributed by atoms with Crippen molar-refractivity contribution in [2.75, 3.05) is 26.2 Å². The highest BCUT2D eigenvalue weighted by molar-refractivity contribution is 7.82. The summed E-state index contributed by atoms with van der Waals surface area (Å²) >= 11 is 0. The van der Waals surface area contributed by atoms with Gasteiger partial charge in [-0.3, -0.25) is 0 Å². The van der Waals surface area contributed by atoms with E-state index in [2.05, 4.69) is 0 Å². The van der Waals surface area contributed by atoms with Crippen LogP contribution in [0.1, 0.15) is 26.3 Å². The summed E-state index contributed by atoms with van der Waals surface area (Å²) in [5.41, 5.74) is -1.52. The Bertz CT molecular complexity index is 651. The van der Waals surface area contributed by atoms with Crippen LogP contribution in [0.15, 0.2) is 29.2 Å². The molecule has 9 heteroatoms. The summed E-state index contributed by atoms with van der Waals surface area (Å²) in [6, 6.07) is 4.84. The number of hydrogen-bond acceptors (Lipinski definition) is 3. The molecule has 0 radical (unpaired) electrons. The van der Waals surface area contributed by atoms with Crippen molar-refractivity contribution in [2.45, 2.75) is 37.4 Å². The zero-order chi connectivity index (χ0) is 18.8. The van der Waals surface area contributed by atoms with Gasteiger partial charge in [0.25, 0.3) is 0 Å². The van der Waals surface area contributed by atoms with Gasteiger partial charge in [0.2, 0.25) is 0 Å². The van der Waals surface area contributed by atoms with E-state index in [1.807, 2.05) is 0 Å². The third-order valence-corrected chi connectivity index (χ3v) is 5.07. The van der Waals surface area contributed by atoms with Gasteiger partial charge in [0.15, 0.2) is 0 Å². The summed E-state index contributed by atoms with van der Waals surface area (Å²) in [5.74, 6) is 0. The van der Waals surface area contributed by atoms with Gasteiger partial charge in [0, 0.05) is 26.2 Å². The maximum Gasteiger partial charge on any atom is 0.417 e. The molecule has 0 bridgehead atoms. The average Bonchev–Trinajstić information content (AvgIpc) is 2.52. The lowest BCUT2D eigenvalue weighted by Crippen LogP contribution is -2.50. The summed E-state index contributed by atoms with van der Waals surface area (Å²) in [7, 11) is -1.94. The number of carbonyl (C=O) groups excluding carboxylic acids is 1. The Kier molecular flexibility index (Phi) is 5.78. The third kappa shape index (κ3) is 5.18. The van der Waals surface area contributed by atoms with Crippen LogP contribution in [-0.2, 0) is 21.9 Å². The minimum absolute atomic E-state index is 0.206. The molecule has 5 nitrogen and oxygen atoms in total. The van der Waals surface area contributed by atoms with Crippen molar-refractivity contribution in [3.8, 4) is 0 Å². The molecule has 2 rings (SSSR count). The highest BCUT2D eigenvalue weighted by Gasteiger charge is 2.36. The number of amides is 1. The Labute approximate surface area is 147 Å². The molecule has 1 aromatic carbocycles. The molecule has 0 N–H and O–H groups in total. The van der Waals surface area contributed by atoms with Gasteiger partial charge in [-0.25, -0.2) is 13.3 Å². The fraction of sp³-hybridized carbons (Fsp3) is 0.562. The molecule has 1 aromatic rings. The topological polar surface area (TPSA) is 49.9 Å². The van der Waals surface area contributed by atoms with Crippen molar-refractivity contribution < 1.29 is 26.9 Å². The second-order valence-electron chi connectivity index (χ2n) is 6.64. The Morgan fingerprint density at radius 1 is 1.08 bits per heavy atom. The van der Waals surface area contributed by atoms with Gasteiger partial charge in [-0.2, -0.15) is 13.2 Å². The van der Waals surface area contributed by atoms with Crippen LogP contribution in [0.4, 0.5) is 18.0 Å². The van der Waals surface area contributed by atoms with Crippen LogP contribution in [-0.4, -0.2) is 51.3 Å². The molecule has 1 fully saturated rings. The number of hydrogen-bond donors (Lipinski definition) is 0. The summed E-state index contributed by atoms with van der Waals surface area (Å²) in [4.78, 5) is 13.2. The number of carbonyl (C=O) groups is 1. The first-order valence-corrected chi connectivity index (χ1v) is 8.91. The van der Waals surface area contributed by atoms with E-state index in [1.165, 1.54) is 27.4 Å². The molecule has 1 heterocycles. The Balaban J connectivity index is 2.04. The molecule has 1 aliphatic rings. The van der Waals surface area contributed by atoms with Crippen molar-refractivity contribution in [1.29, 1.82) is 0 Å². The monoisotopic (exact) mass is 378 g/mol. The van der Waals surface area contributed by atoms with Crippen LogP contribution < -0.4 is 0 Å². The highest BCUT2D eigenvalue weighted by atomic mass is 32.2. The van der Waals surface area contributed by atoms with E-state index in [0.29, 0.717) is 0 Å². The lowest BCUT2D eigenvalue weighted by molar-refractivity contribution is -0.139. The van der Waals surface area contributed by atoms with Gasteiger partial charge in [-0.15, -0.1) is 0 Å². The predicted molar refractivity (Wildman–Crippen MR) is 87.2 cm³/mol. The Hall–Kier alpha value is -1.61. The van der Waals surface area contributed by atoms with Crippen LogP contribution in [0, 0.1) is 0 Å². The lowest BCUT2D eigenvalue weighted by Gasteiger charge is -2.35. The van der Waals surface area contributed by atoms with Crippen LogP contribution in [0.25, 0.3) is 0 Å². The lowest BCUT2D eigenvalue weighted by atomic mass is 10.2. The second kappa shape index (κ2) is 7.33. The quantitative estimate of drug-likeness (QED) is 0.794. The fourth-order valence-electron chi connectivity index (χ4n) is 2.36. The van der Waals surface area contributed by atoms with E-state index < -0.39 is 34.4 Å². The average molecular weight is 378 g/mol. The second-order valence-corrected chi connectivity index (χ2v) is 8.09. The molecule has 140 valence electrons. The number of ether oxygens (including phenoxy) is 1. The SMILES string of the molecule is CC(C)(C)OC(=O)N1CCN(S(=O)c2ccccc2C(F)(F)F)CC1. The number of rotatable bonds is 2. The van der Waals surface area contributed by atoms with Gasteiger partial charge < -0.3 is 9.64 Å². The van der Waals surface area contributed by atoms with E-state index in [-0.39, 0.29) is 31.1 Å². The molecule has 0 saturated carbocycles. The molecule has 1 amide bonds. The first kappa shape index (κ1) is 19.7. The minimum Gasteiger partial charge on any atom is -0.444 e. The van der Waals surface area contributed by atoms with E-state index in [9.17, 15) is 22.2 Å². The molecule has 0 aromatic heterocycles. The predicted octanol–water partition coefficient (Wildman–Crippen LogP) is 3.28. The molecule has 1 unspecified atom stereocenters. The number of piperazine rings is 1. The molecule has 0 spiro atoms. The summed E-state index contributed by atoms with van der Waals surface area (Å²) < 4.78 is 58.5. The van der Waals surface area contributed by atoms with Gasteiger partial charge in [-0.1, -0.05) is 12.1 Å². The van der Waals surface area contributed by atoms with Crippen molar-refractivity contribution in [3.63, 3.8) is 0 Å². The molecule has 0 aliphatic carbocycles. The van der Waals surface area contributed by atoms with Crippen molar-refractivity contribution in [3.05, 3.63) is 29.8 Å². The van der Waals surface area contributed by atoms with Gasteiger partial charge in [-0.05, 0) is 32.9 Å². The number of nitrogens with zero attached hydrogens (tertiary/aromatic N) is 2. The largest absolute Gasteiger partial charge is 0.444 e.